The van der Waals surface area contributed by atoms with E-state index in [0.29, 0.717) is 5.69 Å². The summed E-state index contributed by atoms with van der Waals surface area (Å²) in [6.45, 7) is -0.538. The van der Waals surface area contributed by atoms with Crippen LogP contribution >= 0.6 is 23.6 Å². The standard InChI is InChI=1S/C12H15Cl2NO6/c13-15(14)6-3-1-2-4-7(6)20-12-11(19)10(18)9(17)8(5-16)21-12/h1-4,8-12,16-19H,5H2/t8-,9-,10+,11-,12-/m1/s1. The molecule has 0 bridgehead atoms. The van der Waals surface area contributed by atoms with E-state index in [2.05, 4.69) is 0 Å². The Morgan fingerprint density at radius 1 is 1.10 bits per heavy atom. The first-order valence-corrected chi connectivity index (χ1v) is 6.81. The molecule has 0 spiro atoms. The lowest BCUT2D eigenvalue weighted by molar-refractivity contribution is -0.277. The summed E-state index contributed by atoms with van der Waals surface area (Å²) in [5.41, 5.74) is 0.304. The second-order valence-corrected chi connectivity index (χ2v) is 5.36. The normalized spacial score (nSPS) is 32.8. The van der Waals surface area contributed by atoms with Gasteiger partial charge in [-0.2, -0.15) is 3.94 Å². The van der Waals surface area contributed by atoms with Gasteiger partial charge < -0.3 is 29.9 Å². The third kappa shape index (κ3) is 3.51. The van der Waals surface area contributed by atoms with Crippen molar-refractivity contribution in [3.05, 3.63) is 24.3 Å². The van der Waals surface area contributed by atoms with E-state index in [1.165, 1.54) is 6.07 Å². The van der Waals surface area contributed by atoms with E-state index in [1.807, 2.05) is 0 Å². The zero-order chi connectivity index (χ0) is 15.6. The van der Waals surface area contributed by atoms with Crippen molar-refractivity contribution in [2.45, 2.75) is 30.7 Å². The van der Waals surface area contributed by atoms with Crippen molar-refractivity contribution in [3.8, 4) is 5.75 Å². The van der Waals surface area contributed by atoms with Crippen LogP contribution in [0.4, 0.5) is 5.69 Å². The van der Waals surface area contributed by atoms with E-state index in [4.69, 9.17) is 38.1 Å². The predicted octanol–water partition coefficient (Wildman–Crippen LogP) is -0.0207. The first kappa shape index (κ1) is 16.6. The zero-order valence-corrected chi connectivity index (χ0v) is 12.2. The maximum absolute atomic E-state index is 9.89. The molecule has 0 unspecified atom stereocenters. The lowest BCUT2D eigenvalue weighted by Crippen LogP contribution is -2.60. The van der Waals surface area contributed by atoms with Gasteiger partial charge >= 0.3 is 0 Å². The summed E-state index contributed by atoms with van der Waals surface area (Å²) < 4.78 is 11.5. The van der Waals surface area contributed by atoms with Gasteiger partial charge in [-0.1, -0.05) is 12.1 Å². The fourth-order valence-corrected chi connectivity index (χ4v) is 2.27. The van der Waals surface area contributed by atoms with E-state index in [9.17, 15) is 15.3 Å². The van der Waals surface area contributed by atoms with Crippen molar-refractivity contribution in [2.75, 3.05) is 10.5 Å². The van der Waals surface area contributed by atoms with Gasteiger partial charge in [0.25, 0.3) is 0 Å². The molecule has 9 heteroatoms. The number of halogens is 2. The summed E-state index contributed by atoms with van der Waals surface area (Å²) in [6.07, 6.45) is -6.82. The summed E-state index contributed by atoms with van der Waals surface area (Å²) in [6, 6.07) is 6.43. The van der Waals surface area contributed by atoms with Gasteiger partial charge in [-0.15, -0.1) is 0 Å². The van der Waals surface area contributed by atoms with E-state index >= 15 is 0 Å². The lowest BCUT2D eigenvalue weighted by atomic mass is 9.99. The van der Waals surface area contributed by atoms with Crippen molar-refractivity contribution in [2.24, 2.45) is 0 Å². The van der Waals surface area contributed by atoms with Crippen LogP contribution in [0.3, 0.4) is 0 Å². The molecule has 2 rings (SSSR count). The average Bonchev–Trinajstić information content (AvgIpc) is 2.48. The summed E-state index contributed by atoms with van der Waals surface area (Å²) >= 11 is 11.3. The number of rotatable bonds is 4. The second kappa shape index (κ2) is 6.97. The lowest BCUT2D eigenvalue weighted by Gasteiger charge is -2.39. The molecule has 0 radical (unpaired) electrons. The number of nitrogens with zero attached hydrogens (tertiary/aromatic N) is 1. The Bertz CT molecular complexity index is 475. The number of hydrogen-bond acceptors (Lipinski definition) is 7. The number of aliphatic hydroxyl groups excluding tert-OH is 4. The van der Waals surface area contributed by atoms with Gasteiger partial charge in [0.1, 0.15) is 35.9 Å². The van der Waals surface area contributed by atoms with Gasteiger partial charge in [-0.3, -0.25) is 0 Å². The van der Waals surface area contributed by atoms with Crippen LogP contribution in [0.5, 0.6) is 5.75 Å². The predicted molar refractivity (Wildman–Crippen MR) is 75.0 cm³/mol. The minimum absolute atomic E-state index is 0.201. The molecule has 7 nitrogen and oxygen atoms in total. The molecular formula is C12H15Cl2NO6. The first-order valence-electron chi connectivity index (χ1n) is 6.13. The quantitative estimate of drug-likeness (QED) is 0.571. The van der Waals surface area contributed by atoms with Gasteiger partial charge in [0.2, 0.25) is 6.29 Å². The highest BCUT2D eigenvalue weighted by Gasteiger charge is 2.44. The molecule has 0 aromatic heterocycles. The Balaban J connectivity index is 2.19. The highest BCUT2D eigenvalue weighted by atomic mass is 35.5. The molecule has 1 fully saturated rings. The third-order valence-corrected chi connectivity index (χ3v) is 3.50. The number of para-hydroxylation sites is 2. The highest BCUT2D eigenvalue weighted by molar-refractivity contribution is 6.49. The molecule has 5 atom stereocenters. The topological polar surface area (TPSA) is 103 Å². The van der Waals surface area contributed by atoms with Crippen LogP contribution in [0.15, 0.2) is 24.3 Å². The molecule has 1 heterocycles. The van der Waals surface area contributed by atoms with Crippen LogP contribution < -0.4 is 8.67 Å². The number of hydrogen-bond donors (Lipinski definition) is 4. The monoisotopic (exact) mass is 339 g/mol. The van der Waals surface area contributed by atoms with Crippen LogP contribution in [0.1, 0.15) is 0 Å². The number of anilines is 1. The molecular weight excluding hydrogens is 325 g/mol. The number of ether oxygens (including phenoxy) is 2. The van der Waals surface area contributed by atoms with E-state index in [0.717, 1.165) is 3.94 Å². The van der Waals surface area contributed by atoms with Gasteiger partial charge in [-0.25, -0.2) is 0 Å². The Hall–Kier alpha value is -0.800. The SMILES string of the molecule is OC[C@H]1O[C@@H](Oc2ccccc2N(Cl)Cl)[C@H](O)[C@@H](O)[C@@H]1O. The van der Waals surface area contributed by atoms with Gasteiger partial charge in [-0.05, 0) is 12.1 Å². The summed E-state index contributed by atoms with van der Waals surface area (Å²) in [4.78, 5) is 0. The molecule has 21 heavy (non-hydrogen) atoms. The molecule has 1 aliphatic heterocycles. The van der Waals surface area contributed by atoms with Crippen LogP contribution in [0.2, 0.25) is 0 Å². The molecule has 1 aromatic carbocycles. The maximum atomic E-state index is 9.89. The Morgan fingerprint density at radius 2 is 1.76 bits per heavy atom. The summed E-state index contributed by atoms with van der Waals surface area (Å²) in [5.74, 6) is 0.201. The molecule has 0 aliphatic carbocycles. The smallest absolute Gasteiger partial charge is 0.229 e. The van der Waals surface area contributed by atoms with Crippen LogP contribution in [-0.4, -0.2) is 57.7 Å². The molecule has 0 amide bonds. The van der Waals surface area contributed by atoms with E-state index < -0.39 is 37.3 Å². The minimum Gasteiger partial charge on any atom is -0.460 e. The zero-order valence-electron chi connectivity index (χ0n) is 10.7. The Morgan fingerprint density at radius 3 is 2.38 bits per heavy atom. The molecule has 1 aliphatic rings. The average molecular weight is 340 g/mol. The van der Waals surface area contributed by atoms with Gasteiger partial charge in [0, 0.05) is 23.6 Å². The fraction of sp³-hybridized carbons (Fsp3) is 0.500. The Labute approximate surface area is 131 Å². The highest BCUT2D eigenvalue weighted by Crippen LogP contribution is 2.33. The summed E-state index contributed by atoms with van der Waals surface area (Å²) in [5, 5.41) is 38.4. The van der Waals surface area contributed by atoms with Gasteiger partial charge in [0.15, 0.2) is 0 Å². The molecule has 118 valence electrons. The number of aliphatic hydroxyl groups is 4. The molecule has 1 aromatic rings. The molecule has 4 N–H and O–H groups in total. The molecule has 1 saturated heterocycles. The maximum Gasteiger partial charge on any atom is 0.229 e. The molecule has 0 saturated carbocycles. The second-order valence-electron chi connectivity index (χ2n) is 4.52. The third-order valence-electron chi connectivity index (χ3n) is 3.14. The first-order chi connectivity index (χ1) is 9.95. The van der Waals surface area contributed by atoms with Crippen LogP contribution in [-0.2, 0) is 4.74 Å². The fourth-order valence-electron chi connectivity index (χ4n) is 1.99. The van der Waals surface area contributed by atoms with Crippen molar-refractivity contribution >= 4 is 29.2 Å². The van der Waals surface area contributed by atoms with Crippen molar-refractivity contribution in [1.82, 2.24) is 0 Å². The largest absolute Gasteiger partial charge is 0.460 e. The minimum atomic E-state index is -1.52. The van der Waals surface area contributed by atoms with Crippen molar-refractivity contribution < 1.29 is 29.9 Å². The summed E-state index contributed by atoms with van der Waals surface area (Å²) in [7, 11) is 0. The van der Waals surface area contributed by atoms with Crippen LogP contribution in [0, 0.1) is 0 Å². The van der Waals surface area contributed by atoms with Crippen molar-refractivity contribution in [3.63, 3.8) is 0 Å². The van der Waals surface area contributed by atoms with Gasteiger partial charge in [0.05, 0.1) is 6.61 Å². The van der Waals surface area contributed by atoms with E-state index in [1.54, 1.807) is 18.2 Å². The van der Waals surface area contributed by atoms with E-state index in [-0.39, 0.29) is 5.75 Å². The Kier molecular flexibility index (Phi) is 5.50. The van der Waals surface area contributed by atoms with Crippen molar-refractivity contribution in [1.29, 1.82) is 0 Å². The number of benzene rings is 1. The van der Waals surface area contributed by atoms with Crippen LogP contribution in [0.25, 0.3) is 0 Å².